The number of hydrogen-bond acceptors (Lipinski definition) is 4. The number of nitro groups is 1. The molecule has 1 unspecified atom stereocenters. The number of nitrogens with zero attached hydrogens (tertiary/aromatic N) is 1. The highest BCUT2D eigenvalue weighted by molar-refractivity contribution is 5.93. The third-order valence-electron chi connectivity index (χ3n) is 4.02. The van der Waals surface area contributed by atoms with Crippen LogP contribution in [0.5, 0.6) is 0 Å². The van der Waals surface area contributed by atoms with Crippen molar-refractivity contribution in [3.8, 4) is 0 Å². The van der Waals surface area contributed by atoms with E-state index >= 15 is 0 Å². The van der Waals surface area contributed by atoms with Crippen molar-refractivity contribution in [1.29, 1.82) is 0 Å². The first-order valence-corrected chi connectivity index (χ1v) is 7.23. The van der Waals surface area contributed by atoms with Gasteiger partial charge in [0.15, 0.2) is 0 Å². The fraction of sp³-hybridized carbons (Fsp3) is 0.533. The highest BCUT2D eigenvalue weighted by atomic mass is 16.6. The Labute approximate surface area is 124 Å². The summed E-state index contributed by atoms with van der Waals surface area (Å²) in [5.74, 6) is 0.374. The molecule has 1 aromatic rings. The summed E-state index contributed by atoms with van der Waals surface area (Å²) in [6.45, 7) is 5.66. The van der Waals surface area contributed by atoms with E-state index in [-0.39, 0.29) is 17.3 Å². The van der Waals surface area contributed by atoms with E-state index in [2.05, 4.69) is 10.6 Å². The number of nitro benzene ring substituents is 1. The molecule has 1 aromatic carbocycles. The maximum Gasteiger partial charge on any atom is 0.293 e. The molecule has 6 nitrogen and oxygen atoms in total. The van der Waals surface area contributed by atoms with Gasteiger partial charge in [-0.25, -0.2) is 0 Å². The largest absolute Gasteiger partial charge is 0.320 e. The Hall–Kier alpha value is -1.95. The predicted octanol–water partition coefficient (Wildman–Crippen LogP) is 2.54. The first kappa shape index (κ1) is 15.4. The van der Waals surface area contributed by atoms with Gasteiger partial charge in [-0.3, -0.25) is 14.9 Å². The minimum atomic E-state index is -0.455. The van der Waals surface area contributed by atoms with Gasteiger partial charge in [0.1, 0.15) is 5.69 Å². The van der Waals surface area contributed by atoms with E-state index in [1.165, 1.54) is 6.07 Å². The van der Waals surface area contributed by atoms with Gasteiger partial charge in [-0.1, -0.05) is 0 Å². The molecule has 1 amide bonds. The Balaban J connectivity index is 2.02. The van der Waals surface area contributed by atoms with Gasteiger partial charge in [0.25, 0.3) is 5.69 Å². The molecule has 0 bridgehead atoms. The molecule has 21 heavy (non-hydrogen) atoms. The highest BCUT2D eigenvalue weighted by Gasteiger charge is 2.19. The van der Waals surface area contributed by atoms with Crippen molar-refractivity contribution in [1.82, 2.24) is 5.32 Å². The van der Waals surface area contributed by atoms with Gasteiger partial charge in [-0.2, -0.15) is 0 Å². The third kappa shape index (κ3) is 4.01. The van der Waals surface area contributed by atoms with Crippen LogP contribution in [-0.2, 0) is 4.79 Å². The lowest BCUT2D eigenvalue weighted by Crippen LogP contribution is -2.16. The summed E-state index contributed by atoms with van der Waals surface area (Å²) >= 11 is 0. The summed E-state index contributed by atoms with van der Waals surface area (Å²) in [5, 5.41) is 17.0. The maximum atomic E-state index is 12.0. The van der Waals surface area contributed by atoms with E-state index in [1.807, 2.05) is 13.8 Å². The number of hydrogen-bond donors (Lipinski definition) is 2. The standard InChI is InChI=1S/C15H21N3O3/c1-10-7-13(14(18(20)21)8-11(10)2)17-15(19)4-3-12-5-6-16-9-12/h7-8,12,16H,3-6,9H2,1-2H3,(H,17,19). The quantitative estimate of drug-likeness (QED) is 0.645. The zero-order valence-electron chi connectivity index (χ0n) is 12.4. The Morgan fingerprint density at radius 3 is 2.76 bits per heavy atom. The highest BCUT2D eigenvalue weighted by Crippen LogP contribution is 2.28. The zero-order valence-corrected chi connectivity index (χ0v) is 12.4. The summed E-state index contributed by atoms with van der Waals surface area (Å²) in [4.78, 5) is 22.6. The predicted molar refractivity (Wildman–Crippen MR) is 81.4 cm³/mol. The first-order chi connectivity index (χ1) is 9.97. The molecule has 0 aromatic heterocycles. The van der Waals surface area contributed by atoms with Gasteiger partial charge in [0, 0.05) is 12.5 Å². The summed E-state index contributed by atoms with van der Waals surface area (Å²) in [6.07, 6.45) is 2.31. The fourth-order valence-electron chi connectivity index (χ4n) is 2.56. The summed E-state index contributed by atoms with van der Waals surface area (Å²) in [7, 11) is 0. The van der Waals surface area contributed by atoms with Gasteiger partial charge < -0.3 is 10.6 Å². The van der Waals surface area contributed by atoms with Gasteiger partial charge in [-0.05, 0) is 62.9 Å². The summed E-state index contributed by atoms with van der Waals surface area (Å²) in [6, 6.07) is 3.17. The number of anilines is 1. The van der Waals surface area contributed by atoms with Gasteiger partial charge in [0.05, 0.1) is 4.92 Å². The van der Waals surface area contributed by atoms with E-state index < -0.39 is 4.92 Å². The van der Waals surface area contributed by atoms with Crippen LogP contribution in [0.25, 0.3) is 0 Å². The van der Waals surface area contributed by atoms with Crippen molar-refractivity contribution in [2.45, 2.75) is 33.1 Å². The van der Waals surface area contributed by atoms with Crippen LogP contribution in [0.3, 0.4) is 0 Å². The van der Waals surface area contributed by atoms with Crippen molar-refractivity contribution in [2.75, 3.05) is 18.4 Å². The van der Waals surface area contributed by atoms with Crippen molar-refractivity contribution in [3.63, 3.8) is 0 Å². The van der Waals surface area contributed by atoms with Crippen LogP contribution in [-0.4, -0.2) is 23.9 Å². The molecule has 1 saturated heterocycles. The lowest BCUT2D eigenvalue weighted by molar-refractivity contribution is -0.384. The van der Waals surface area contributed by atoms with E-state index in [0.29, 0.717) is 12.3 Å². The van der Waals surface area contributed by atoms with Crippen LogP contribution in [0.15, 0.2) is 12.1 Å². The van der Waals surface area contributed by atoms with Gasteiger partial charge >= 0.3 is 0 Å². The molecule has 0 radical (unpaired) electrons. The normalized spacial score (nSPS) is 17.7. The molecule has 2 N–H and O–H groups in total. The van der Waals surface area contributed by atoms with E-state index in [4.69, 9.17) is 0 Å². The number of amides is 1. The number of aryl methyl sites for hydroxylation is 2. The van der Waals surface area contributed by atoms with Crippen LogP contribution in [0, 0.1) is 29.9 Å². The second-order valence-corrected chi connectivity index (χ2v) is 5.66. The number of nitrogens with one attached hydrogen (secondary N) is 2. The van der Waals surface area contributed by atoms with E-state index in [1.54, 1.807) is 6.07 Å². The fourth-order valence-corrected chi connectivity index (χ4v) is 2.56. The first-order valence-electron chi connectivity index (χ1n) is 7.23. The second kappa shape index (κ2) is 6.67. The lowest BCUT2D eigenvalue weighted by atomic mass is 10.0. The molecule has 1 atom stereocenters. The SMILES string of the molecule is Cc1cc(NC(=O)CCC2CCNC2)c([N+](=O)[O-])cc1C. The summed E-state index contributed by atoms with van der Waals surface area (Å²) in [5.41, 5.74) is 2.01. The average Bonchev–Trinajstić information content (AvgIpc) is 2.93. The molecule has 0 saturated carbocycles. The third-order valence-corrected chi connectivity index (χ3v) is 4.02. The molecule has 1 fully saturated rings. The van der Waals surface area contributed by atoms with Crippen molar-refractivity contribution >= 4 is 17.3 Å². The zero-order chi connectivity index (χ0) is 15.4. The Bertz CT molecular complexity index is 551. The molecular weight excluding hydrogens is 270 g/mol. The van der Waals surface area contributed by atoms with Crippen LogP contribution in [0.2, 0.25) is 0 Å². The molecule has 0 spiro atoms. The smallest absolute Gasteiger partial charge is 0.293 e. The van der Waals surface area contributed by atoms with Gasteiger partial charge in [0.2, 0.25) is 5.91 Å². The molecule has 2 rings (SSSR count). The van der Waals surface area contributed by atoms with Crippen molar-refractivity contribution < 1.29 is 9.72 Å². The van der Waals surface area contributed by atoms with E-state index in [0.717, 1.165) is 37.1 Å². The number of rotatable bonds is 5. The van der Waals surface area contributed by atoms with E-state index in [9.17, 15) is 14.9 Å². The van der Waals surface area contributed by atoms with Crippen LogP contribution < -0.4 is 10.6 Å². The van der Waals surface area contributed by atoms with Gasteiger partial charge in [-0.15, -0.1) is 0 Å². The second-order valence-electron chi connectivity index (χ2n) is 5.66. The number of carbonyl (C=O) groups excluding carboxylic acids is 1. The van der Waals surface area contributed by atoms with Crippen LogP contribution >= 0.6 is 0 Å². The topological polar surface area (TPSA) is 84.3 Å². The molecular formula is C15H21N3O3. The minimum Gasteiger partial charge on any atom is -0.320 e. The molecule has 114 valence electrons. The maximum absolute atomic E-state index is 12.0. The lowest BCUT2D eigenvalue weighted by Gasteiger charge is -2.10. The molecule has 1 heterocycles. The van der Waals surface area contributed by atoms with Crippen molar-refractivity contribution in [3.05, 3.63) is 33.4 Å². The average molecular weight is 291 g/mol. The number of benzene rings is 1. The minimum absolute atomic E-state index is 0.0472. The Morgan fingerprint density at radius 1 is 1.43 bits per heavy atom. The molecule has 1 aliphatic heterocycles. The number of carbonyl (C=O) groups is 1. The monoisotopic (exact) mass is 291 g/mol. The van der Waals surface area contributed by atoms with Crippen LogP contribution in [0.1, 0.15) is 30.4 Å². The molecule has 1 aliphatic rings. The van der Waals surface area contributed by atoms with Crippen molar-refractivity contribution in [2.24, 2.45) is 5.92 Å². The Kier molecular flexibility index (Phi) is 4.90. The Morgan fingerprint density at radius 2 is 2.14 bits per heavy atom. The van der Waals surface area contributed by atoms with Crippen LogP contribution in [0.4, 0.5) is 11.4 Å². The molecule has 6 heteroatoms. The molecule has 0 aliphatic carbocycles. The summed E-state index contributed by atoms with van der Waals surface area (Å²) < 4.78 is 0.